The molecule has 0 bridgehead atoms. The van der Waals surface area contributed by atoms with E-state index in [1.807, 2.05) is 13.0 Å². The highest BCUT2D eigenvalue weighted by Crippen LogP contribution is 2.34. The maximum Gasteiger partial charge on any atom is 0.0373 e. The number of aryl methyl sites for hydroxylation is 1. The molecule has 0 spiro atoms. The molecule has 0 saturated heterocycles. The largest absolute Gasteiger partial charge is 0.378 e. The van der Waals surface area contributed by atoms with Crippen LogP contribution < -0.4 is 4.90 Å². The lowest BCUT2D eigenvalue weighted by molar-refractivity contribution is 1.13. The zero-order valence-electron chi connectivity index (χ0n) is 15.5. The van der Waals surface area contributed by atoms with Gasteiger partial charge in [-0.2, -0.15) is 0 Å². The van der Waals surface area contributed by atoms with Crippen LogP contribution in [0.25, 0.3) is 16.7 Å². The fourth-order valence-electron chi connectivity index (χ4n) is 2.74. The maximum absolute atomic E-state index is 4.28. The summed E-state index contributed by atoms with van der Waals surface area (Å²) in [6, 6.07) is 13.2. The van der Waals surface area contributed by atoms with Gasteiger partial charge in [-0.25, -0.2) is 0 Å². The Kier molecular flexibility index (Phi) is 5.46. The highest BCUT2D eigenvalue weighted by molar-refractivity contribution is 5.84. The molecule has 0 atom stereocenters. The molecule has 0 amide bonds. The SMILES string of the molecule is C=C/C(C)=C\C(=C)c1cc(N(C)C)cc(-c2ccc(C)cc2)c1C. The Balaban J connectivity index is 2.65. The second-order valence-corrected chi connectivity index (χ2v) is 6.54. The van der Waals surface area contributed by atoms with E-state index in [4.69, 9.17) is 0 Å². The van der Waals surface area contributed by atoms with E-state index in [0.29, 0.717) is 0 Å². The van der Waals surface area contributed by atoms with Crippen LogP contribution in [-0.4, -0.2) is 14.1 Å². The summed E-state index contributed by atoms with van der Waals surface area (Å²) < 4.78 is 0. The Labute approximate surface area is 146 Å². The minimum Gasteiger partial charge on any atom is -0.378 e. The number of hydrogen-bond acceptors (Lipinski definition) is 1. The van der Waals surface area contributed by atoms with Gasteiger partial charge < -0.3 is 4.90 Å². The monoisotopic (exact) mass is 317 g/mol. The molecule has 24 heavy (non-hydrogen) atoms. The van der Waals surface area contributed by atoms with E-state index in [2.05, 4.69) is 88.5 Å². The summed E-state index contributed by atoms with van der Waals surface area (Å²) in [6.07, 6.45) is 3.95. The van der Waals surface area contributed by atoms with Crippen LogP contribution >= 0.6 is 0 Å². The van der Waals surface area contributed by atoms with Gasteiger partial charge in [-0.3, -0.25) is 0 Å². The van der Waals surface area contributed by atoms with Crippen molar-refractivity contribution in [2.45, 2.75) is 20.8 Å². The number of benzene rings is 2. The standard InChI is InChI=1S/C23H27N/c1-8-16(2)13-18(4)22-14-21(24(6)7)15-23(19(22)5)20-11-9-17(3)10-12-20/h8-15H,1,4H2,2-3,5-7H3/b16-13-. The molecule has 0 aliphatic rings. The van der Waals surface area contributed by atoms with Crippen molar-refractivity contribution in [3.05, 3.63) is 84.0 Å². The molecule has 0 unspecified atom stereocenters. The molecule has 0 radical (unpaired) electrons. The van der Waals surface area contributed by atoms with Gasteiger partial charge in [0.2, 0.25) is 0 Å². The summed E-state index contributed by atoms with van der Waals surface area (Å²) in [5.74, 6) is 0. The highest BCUT2D eigenvalue weighted by Gasteiger charge is 2.12. The molecule has 0 N–H and O–H groups in total. The molecule has 1 heteroatoms. The Morgan fingerprint density at radius 1 is 1.04 bits per heavy atom. The maximum atomic E-state index is 4.28. The fourth-order valence-corrected chi connectivity index (χ4v) is 2.74. The van der Waals surface area contributed by atoms with Crippen LogP contribution in [0.1, 0.15) is 23.6 Å². The third kappa shape index (κ3) is 3.86. The van der Waals surface area contributed by atoms with Crippen molar-refractivity contribution >= 4 is 11.3 Å². The first-order valence-corrected chi connectivity index (χ1v) is 8.22. The van der Waals surface area contributed by atoms with Crippen LogP contribution in [0, 0.1) is 13.8 Å². The van der Waals surface area contributed by atoms with Gasteiger partial charge in [-0.1, -0.05) is 60.7 Å². The molecule has 2 rings (SSSR count). The first kappa shape index (κ1) is 17.8. The quantitative estimate of drug-likeness (QED) is 0.595. The molecule has 0 heterocycles. The average molecular weight is 317 g/mol. The summed E-state index contributed by atoms with van der Waals surface area (Å²) in [6.45, 7) is 14.4. The molecule has 124 valence electrons. The Hall–Kier alpha value is -2.54. The summed E-state index contributed by atoms with van der Waals surface area (Å²) >= 11 is 0. The number of allylic oxidation sites excluding steroid dienone is 4. The van der Waals surface area contributed by atoms with E-state index in [-0.39, 0.29) is 0 Å². The normalized spacial score (nSPS) is 11.3. The highest BCUT2D eigenvalue weighted by atomic mass is 15.1. The van der Waals surface area contributed by atoms with Crippen LogP contribution in [0.4, 0.5) is 5.69 Å². The molecule has 0 fully saturated rings. The van der Waals surface area contributed by atoms with Crippen molar-refractivity contribution in [1.82, 2.24) is 0 Å². The van der Waals surface area contributed by atoms with Crippen molar-refractivity contribution in [2.75, 3.05) is 19.0 Å². The molecule has 2 aromatic rings. The molecule has 0 aliphatic heterocycles. The minimum absolute atomic E-state index is 1.02. The lowest BCUT2D eigenvalue weighted by Crippen LogP contribution is -2.09. The Bertz CT molecular complexity index is 790. The van der Waals surface area contributed by atoms with Crippen LogP contribution in [0.15, 0.2) is 67.3 Å². The van der Waals surface area contributed by atoms with Gasteiger partial charge in [0.05, 0.1) is 0 Å². The third-order valence-electron chi connectivity index (χ3n) is 4.34. The van der Waals surface area contributed by atoms with Crippen molar-refractivity contribution in [3.63, 3.8) is 0 Å². The van der Waals surface area contributed by atoms with E-state index >= 15 is 0 Å². The van der Waals surface area contributed by atoms with Gasteiger partial charge in [0, 0.05) is 19.8 Å². The number of nitrogens with zero attached hydrogens (tertiary/aromatic N) is 1. The van der Waals surface area contributed by atoms with Crippen molar-refractivity contribution in [3.8, 4) is 11.1 Å². The molecule has 1 nitrogen and oxygen atoms in total. The van der Waals surface area contributed by atoms with E-state index in [0.717, 1.165) is 11.1 Å². The van der Waals surface area contributed by atoms with Gasteiger partial charge in [-0.15, -0.1) is 0 Å². The third-order valence-corrected chi connectivity index (χ3v) is 4.34. The van der Waals surface area contributed by atoms with Crippen LogP contribution in [0.5, 0.6) is 0 Å². The lowest BCUT2D eigenvalue weighted by Gasteiger charge is -2.20. The van der Waals surface area contributed by atoms with Gasteiger partial charge in [0.25, 0.3) is 0 Å². The van der Waals surface area contributed by atoms with Gasteiger partial charge in [-0.05, 0) is 60.7 Å². The predicted octanol–water partition coefficient (Wildman–Crippen LogP) is 6.18. The second kappa shape index (κ2) is 7.35. The topological polar surface area (TPSA) is 3.24 Å². The van der Waals surface area contributed by atoms with Gasteiger partial charge in [0.15, 0.2) is 0 Å². The summed E-state index contributed by atoms with van der Waals surface area (Å²) in [5.41, 5.74) is 9.50. The van der Waals surface area contributed by atoms with Gasteiger partial charge >= 0.3 is 0 Å². The zero-order chi connectivity index (χ0) is 17.9. The van der Waals surface area contributed by atoms with Crippen LogP contribution in [-0.2, 0) is 0 Å². The summed E-state index contributed by atoms with van der Waals surface area (Å²) in [5, 5.41) is 0. The van der Waals surface area contributed by atoms with E-state index in [1.165, 1.54) is 33.5 Å². The first-order valence-electron chi connectivity index (χ1n) is 8.22. The Morgan fingerprint density at radius 2 is 1.67 bits per heavy atom. The second-order valence-electron chi connectivity index (χ2n) is 6.54. The van der Waals surface area contributed by atoms with E-state index < -0.39 is 0 Å². The molecular weight excluding hydrogens is 290 g/mol. The molecule has 0 aromatic heterocycles. The molecule has 0 saturated carbocycles. The smallest absolute Gasteiger partial charge is 0.0373 e. The van der Waals surface area contributed by atoms with Crippen molar-refractivity contribution in [2.24, 2.45) is 0 Å². The average Bonchev–Trinajstić information content (AvgIpc) is 2.55. The number of anilines is 1. The Morgan fingerprint density at radius 3 is 2.21 bits per heavy atom. The zero-order valence-corrected chi connectivity index (χ0v) is 15.5. The fraction of sp³-hybridized carbons (Fsp3) is 0.217. The van der Waals surface area contributed by atoms with E-state index in [9.17, 15) is 0 Å². The van der Waals surface area contributed by atoms with E-state index in [1.54, 1.807) is 0 Å². The molecule has 2 aromatic carbocycles. The summed E-state index contributed by atoms with van der Waals surface area (Å²) in [7, 11) is 4.14. The van der Waals surface area contributed by atoms with Crippen LogP contribution in [0.3, 0.4) is 0 Å². The van der Waals surface area contributed by atoms with Crippen LogP contribution in [0.2, 0.25) is 0 Å². The van der Waals surface area contributed by atoms with Crippen molar-refractivity contribution < 1.29 is 0 Å². The predicted molar refractivity (Wildman–Crippen MR) is 109 cm³/mol. The lowest BCUT2D eigenvalue weighted by atomic mass is 9.91. The minimum atomic E-state index is 1.02. The molecular formula is C23H27N. The number of rotatable bonds is 5. The van der Waals surface area contributed by atoms with Gasteiger partial charge in [0.1, 0.15) is 0 Å². The molecule has 0 aliphatic carbocycles. The summed E-state index contributed by atoms with van der Waals surface area (Å²) in [4.78, 5) is 2.14. The van der Waals surface area contributed by atoms with Crippen molar-refractivity contribution in [1.29, 1.82) is 0 Å². The number of hydrogen-bond donors (Lipinski definition) is 0. The first-order chi connectivity index (χ1) is 11.3.